The van der Waals surface area contributed by atoms with Crippen LogP contribution in [-0.2, 0) is 9.47 Å². The monoisotopic (exact) mass is 356 g/mol. The van der Waals surface area contributed by atoms with Gasteiger partial charge in [-0.25, -0.2) is 9.97 Å². The van der Waals surface area contributed by atoms with Crippen molar-refractivity contribution in [3.05, 3.63) is 23.2 Å². The highest BCUT2D eigenvalue weighted by molar-refractivity contribution is 7.13. The van der Waals surface area contributed by atoms with Crippen LogP contribution in [0.4, 0.5) is 0 Å². The molecule has 7 nitrogen and oxygen atoms in total. The van der Waals surface area contributed by atoms with Gasteiger partial charge in [0.2, 0.25) is 0 Å². The number of halogens is 1. The number of hydrogen-bond donors (Lipinski definition) is 2. The maximum Gasteiger partial charge on any atom is 0.163 e. The Morgan fingerprint density at radius 3 is 2.87 bits per heavy atom. The van der Waals surface area contributed by atoms with Crippen LogP contribution in [-0.4, -0.2) is 55.4 Å². The molecule has 9 heteroatoms. The van der Waals surface area contributed by atoms with Crippen LogP contribution in [0.2, 0.25) is 5.15 Å². The molecule has 4 rings (SSSR count). The number of aromatic nitrogens is 3. The van der Waals surface area contributed by atoms with Crippen LogP contribution < -0.4 is 0 Å². The van der Waals surface area contributed by atoms with Gasteiger partial charge < -0.3 is 19.6 Å². The lowest BCUT2D eigenvalue weighted by Crippen LogP contribution is -2.36. The van der Waals surface area contributed by atoms with Gasteiger partial charge in [0.05, 0.1) is 24.2 Å². The number of hydrogen-bond acceptors (Lipinski definition) is 6. The zero-order valence-corrected chi connectivity index (χ0v) is 14.6. The molecular formula is C14H18ClN4O3P. The number of nitrogens with zero attached hydrogens (tertiary/aromatic N) is 3. The Bertz CT molecular complexity index is 755. The molecule has 0 bridgehead atoms. The number of rotatable bonds is 2. The highest BCUT2D eigenvalue weighted by atomic mass is 35.5. The molecule has 2 aromatic heterocycles. The van der Waals surface area contributed by atoms with Gasteiger partial charge >= 0.3 is 0 Å². The van der Waals surface area contributed by atoms with E-state index in [1.807, 2.05) is 24.7 Å². The molecule has 0 spiro atoms. The summed E-state index contributed by atoms with van der Waals surface area (Å²) in [6.45, 7) is 3.76. The predicted molar refractivity (Wildman–Crippen MR) is 87.9 cm³/mol. The van der Waals surface area contributed by atoms with Crippen molar-refractivity contribution >= 4 is 32.0 Å². The first-order chi connectivity index (χ1) is 10.9. The lowest BCUT2D eigenvalue weighted by atomic mass is 10.0. The zero-order chi connectivity index (χ0) is 16.4. The minimum absolute atomic E-state index is 0.0152. The molecule has 0 radical (unpaired) electrons. The van der Waals surface area contributed by atoms with Gasteiger partial charge in [-0.05, 0) is 13.8 Å². The van der Waals surface area contributed by atoms with Gasteiger partial charge in [0.15, 0.2) is 10.9 Å². The van der Waals surface area contributed by atoms with Gasteiger partial charge in [0.25, 0.3) is 0 Å². The number of aromatic amines is 1. The van der Waals surface area contributed by atoms with Crippen molar-refractivity contribution in [1.29, 1.82) is 0 Å². The Kier molecular flexibility index (Phi) is 3.65. The van der Waals surface area contributed by atoms with Gasteiger partial charge in [0, 0.05) is 11.8 Å². The average Bonchev–Trinajstić information content (AvgIpc) is 3.09. The van der Waals surface area contributed by atoms with Crippen LogP contribution in [0.5, 0.6) is 0 Å². The van der Waals surface area contributed by atoms with E-state index < -0.39 is 5.79 Å². The lowest BCUT2D eigenvalue weighted by molar-refractivity contribution is -0.163. The van der Waals surface area contributed by atoms with Crippen LogP contribution in [0.1, 0.15) is 25.5 Å². The van der Waals surface area contributed by atoms with E-state index in [1.165, 1.54) is 6.33 Å². The maximum absolute atomic E-state index is 9.78. The normalized spacial score (nSPS) is 33.4. The maximum atomic E-state index is 9.78. The predicted octanol–water partition coefficient (Wildman–Crippen LogP) is 1.64. The van der Waals surface area contributed by atoms with E-state index in [9.17, 15) is 5.11 Å². The van der Waals surface area contributed by atoms with Crippen LogP contribution in [0.25, 0.3) is 11.0 Å². The molecule has 23 heavy (non-hydrogen) atoms. The second-order valence-electron chi connectivity index (χ2n) is 6.34. The third kappa shape index (κ3) is 2.30. The Hall–Kier alpha value is -0.820. The van der Waals surface area contributed by atoms with Crippen LogP contribution in [0.15, 0.2) is 12.5 Å². The summed E-state index contributed by atoms with van der Waals surface area (Å²) in [5, 5.41) is 10.2. The molecule has 2 aliphatic heterocycles. The smallest absolute Gasteiger partial charge is 0.163 e. The Morgan fingerprint density at radius 1 is 1.39 bits per heavy atom. The minimum atomic E-state index is -0.675. The van der Waals surface area contributed by atoms with Crippen molar-refractivity contribution in [2.45, 2.75) is 43.9 Å². The Morgan fingerprint density at radius 2 is 2.13 bits per heavy atom. The molecule has 4 heterocycles. The Labute approximate surface area is 140 Å². The molecule has 0 aromatic carbocycles. The molecule has 0 aliphatic carbocycles. The van der Waals surface area contributed by atoms with E-state index in [0.717, 1.165) is 11.1 Å². The first-order valence-corrected chi connectivity index (χ1v) is 8.29. The first kappa shape index (κ1) is 15.7. The molecule has 2 fully saturated rings. The van der Waals surface area contributed by atoms with Gasteiger partial charge in [-0.1, -0.05) is 21.0 Å². The quantitative estimate of drug-likeness (QED) is 0.628. The molecule has 2 aliphatic rings. The second-order valence-corrected chi connectivity index (χ2v) is 7.29. The summed E-state index contributed by atoms with van der Waals surface area (Å²) < 4.78 is 14.1. The molecule has 0 amide bonds. The summed E-state index contributed by atoms with van der Waals surface area (Å²) in [6, 6.07) is -0.289. The molecule has 0 saturated carbocycles. The zero-order valence-electron chi connectivity index (χ0n) is 12.7. The van der Waals surface area contributed by atoms with Crippen molar-refractivity contribution < 1.29 is 14.6 Å². The Balaban J connectivity index is 1.81. The fraction of sp³-hybridized carbons (Fsp3) is 0.571. The van der Waals surface area contributed by atoms with E-state index >= 15 is 0 Å². The summed E-state index contributed by atoms with van der Waals surface area (Å²) in [7, 11) is 2.68. The molecular weight excluding hydrogens is 339 g/mol. The number of aliphatic hydroxyl groups is 1. The van der Waals surface area contributed by atoms with Gasteiger partial charge in [-0.2, -0.15) is 0 Å². The molecule has 2 aromatic rings. The standard InChI is InChI=1S/C14H18ClN4O3P/c1-14(2)21-11-7(4-20)19(23)10(12(11)22-14)6-3-16-9-8(6)17-5-18-13(9)15/h3,5,7,10-12,16,20H,4,23H2,1-2H3/t7-,10+,11?,12?/m1/s1. The second kappa shape index (κ2) is 5.34. The SMILES string of the molecule is CC1(C)OC2C(O1)[C@H](c1c[nH]c3c(Cl)ncnc13)N(P)[C@@H]2CO. The van der Waals surface area contributed by atoms with Crippen LogP contribution in [0, 0.1) is 0 Å². The molecule has 2 saturated heterocycles. The van der Waals surface area contributed by atoms with E-state index in [0.29, 0.717) is 10.7 Å². The molecule has 2 N–H and O–H groups in total. The van der Waals surface area contributed by atoms with E-state index in [2.05, 4.69) is 24.3 Å². The number of fused-ring (bicyclic) bond motifs is 2. The van der Waals surface area contributed by atoms with Gasteiger partial charge in [0.1, 0.15) is 24.1 Å². The summed E-state index contributed by atoms with van der Waals surface area (Å²) >= 11 is 6.13. The number of H-pyrrole nitrogens is 1. The lowest BCUT2D eigenvalue weighted by Gasteiger charge is -2.29. The number of aliphatic hydroxyl groups excluding tert-OH is 1. The highest BCUT2D eigenvalue weighted by Crippen LogP contribution is 2.49. The van der Waals surface area contributed by atoms with E-state index in [1.54, 1.807) is 0 Å². The van der Waals surface area contributed by atoms with Crippen molar-refractivity contribution in [3.63, 3.8) is 0 Å². The van der Waals surface area contributed by atoms with Crippen molar-refractivity contribution in [2.75, 3.05) is 6.61 Å². The number of nitrogens with one attached hydrogen (secondary N) is 1. The fourth-order valence-electron chi connectivity index (χ4n) is 3.59. The first-order valence-electron chi connectivity index (χ1n) is 7.40. The van der Waals surface area contributed by atoms with Gasteiger partial charge in [-0.15, -0.1) is 0 Å². The average molecular weight is 357 g/mol. The largest absolute Gasteiger partial charge is 0.395 e. The van der Waals surface area contributed by atoms with Crippen molar-refractivity contribution in [3.8, 4) is 0 Å². The summed E-state index contributed by atoms with van der Waals surface area (Å²) in [5.74, 6) is -0.675. The summed E-state index contributed by atoms with van der Waals surface area (Å²) in [5.41, 5.74) is 2.41. The van der Waals surface area contributed by atoms with Crippen LogP contribution >= 0.6 is 21.0 Å². The van der Waals surface area contributed by atoms with Gasteiger partial charge in [-0.3, -0.25) is 4.67 Å². The van der Waals surface area contributed by atoms with E-state index in [-0.39, 0.29) is 30.9 Å². The highest BCUT2D eigenvalue weighted by Gasteiger charge is 2.57. The van der Waals surface area contributed by atoms with Crippen molar-refractivity contribution in [2.24, 2.45) is 0 Å². The molecule has 5 atom stereocenters. The van der Waals surface area contributed by atoms with Crippen LogP contribution in [0.3, 0.4) is 0 Å². The van der Waals surface area contributed by atoms with Crippen molar-refractivity contribution in [1.82, 2.24) is 19.6 Å². The molecule has 3 unspecified atom stereocenters. The third-order valence-electron chi connectivity index (χ3n) is 4.51. The molecule has 124 valence electrons. The van der Waals surface area contributed by atoms with E-state index in [4.69, 9.17) is 21.1 Å². The summed E-state index contributed by atoms with van der Waals surface area (Å²) in [4.78, 5) is 11.5. The third-order valence-corrected chi connectivity index (χ3v) is 5.50. The summed E-state index contributed by atoms with van der Waals surface area (Å²) in [6.07, 6.45) is 2.91. The number of ether oxygens (including phenoxy) is 2. The minimum Gasteiger partial charge on any atom is -0.395 e. The fourth-order valence-corrected chi connectivity index (χ4v) is 4.38. The topological polar surface area (TPSA) is 83.5 Å².